The van der Waals surface area contributed by atoms with Crippen molar-refractivity contribution in [2.45, 2.75) is 58.6 Å². The van der Waals surface area contributed by atoms with E-state index in [-0.39, 0.29) is 6.09 Å². The van der Waals surface area contributed by atoms with Gasteiger partial charge in [0.05, 0.1) is 0 Å². The summed E-state index contributed by atoms with van der Waals surface area (Å²) in [6, 6.07) is 10.7. The molecule has 0 radical (unpaired) electrons. The zero-order valence-electron chi connectivity index (χ0n) is 16.0. The van der Waals surface area contributed by atoms with E-state index in [0.29, 0.717) is 6.04 Å². The molecule has 1 fully saturated rings. The van der Waals surface area contributed by atoms with E-state index in [0.717, 1.165) is 38.9 Å². The number of nitrogens with zero attached hydrogens (tertiary/aromatic N) is 1. The van der Waals surface area contributed by atoms with E-state index >= 15 is 0 Å². The Balaban J connectivity index is 1.73. The number of carbonyl (C=O) groups is 1. The summed E-state index contributed by atoms with van der Waals surface area (Å²) >= 11 is 0. The summed E-state index contributed by atoms with van der Waals surface area (Å²) in [4.78, 5) is 14.2. The van der Waals surface area contributed by atoms with Crippen molar-refractivity contribution >= 4 is 12.2 Å². The Morgan fingerprint density at radius 3 is 2.72 bits per heavy atom. The van der Waals surface area contributed by atoms with E-state index < -0.39 is 5.60 Å². The van der Waals surface area contributed by atoms with Gasteiger partial charge in [-0.2, -0.15) is 0 Å². The quantitative estimate of drug-likeness (QED) is 0.774. The van der Waals surface area contributed by atoms with Crippen LogP contribution in [0, 0.1) is 0 Å². The van der Waals surface area contributed by atoms with Crippen LogP contribution in [0.5, 0.6) is 0 Å². The first kappa shape index (κ1) is 19.5. The van der Waals surface area contributed by atoms with Crippen molar-refractivity contribution in [1.82, 2.24) is 10.2 Å². The number of rotatable bonds is 6. The van der Waals surface area contributed by atoms with Gasteiger partial charge in [-0.15, -0.1) is 0 Å². The molecule has 0 spiro atoms. The molecule has 1 amide bonds. The van der Waals surface area contributed by atoms with Gasteiger partial charge in [0.25, 0.3) is 0 Å². The zero-order chi connectivity index (χ0) is 18.3. The molecule has 2 rings (SSSR count). The standard InChI is InChI=1S/C21H32N2O2/c1-17(15-18-9-6-5-7-10-18)16-22-13-12-19-11-8-14-23(19)20(24)25-21(2,3)4/h5-7,9-10,15,19,22H,8,11-14,16H2,1-4H3/b17-15+/t19-/m0/s1. The van der Waals surface area contributed by atoms with Crippen LogP contribution in [-0.4, -0.2) is 42.3 Å². The highest BCUT2D eigenvalue weighted by atomic mass is 16.6. The third kappa shape index (κ3) is 6.91. The fraction of sp³-hybridized carbons (Fsp3) is 0.571. The van der Waals surface area contributed by atoms with Crippen LogP contribution in [0.3, 0.4) is 0 Å². The number of nitrogens with one attached hydrogen (secondary N) is 1. The fourth-order valence-corrected chi connectivity index (χ4v) is 3.14. The summed E-state index contributed by atoms with van der Waals surface area (Å²) in [5.41, 5.74) is 2.11. The second-order valence-electron chi connectivity index (χ2n) is 7.84. The van der Waals surface area contributed by atoms with E-state index in [1.165, 1.54) is 11.1 Å². The summed E-state index contributed by atoms with van der Waals surface area (Å²) < 4.78 is 5.52. The van der Waals surface area contributed by atoms with E-state index in [2.05, 4.69) is 42.6 Å². The zero-order valence-corrected chi connectivity index (χ0v) is 16.0. The lowest BCUT2D eigenvalue weighted by molar-refractivity contribution is 0.0221. The minimum atomic E-state index is -0.429. The Hall–Kier alpha value is -1.81. The lowest BCUT2D eigenvalue weighted by Crippen LogP contribution is -2.40. The van der Waals surface area contributed by atoms with Crippen LogP contribution in [0.15, 0.2) is 35.9 Å². The molecule has 1 aliphatic rings. The van der Waals surface area contributed by atoms with Gasteiger partial charge in [-0.3, -0.25) is 0 Å². The number of ether oxygens (including phenoxy) is 1. The SMILES string of the molecule is C/C(=C\c1ccccc1)CNCC[C@@H]1CCCN1C(=O)OC(C)(C)C. The minimum Gasteiger partial charge on any atom is -0.444 e. The normalized spacial score (nSPS) is 18.5. The topological polar surface area (TPSA) is 41.6 Å². The second-order valence-corrected chi connectivity index (χ2v) is 7.84. The van der Waals surface area contributed by atoms with Crippen LogP contribution in [-0.2, 0) is 4.74 Å². The smallest absolute Gasteiger partial charge is 0.410 e. The molecule has 1 saturated heterocycles. The molecule has 1 N–H and O–H groups in total. The summed E-state index contributed by atoms with van der Waals surface area (Å²) in [6.07, 6.45) is 5.14. The van der Waals surface area contributed by atoms with Gasteiger partial charge in [0, 0.05) is 19.1 Å². The molecular formula is C21H32N2O2. The molecule has 0 unspecified atom stereocenters. The lowest BCUT2D eigenvalue weighted by Gasteiger charge is -2.28. The number of likely N-dealkylation sites (tertiary alicyclic amines) is 1. The van der Waals surface area contributed by atoms with Crippen molar-refractivity contribution in [2.75, 3.05) is 19.6 Å². The van der Waals surface area contributed by atoms with Crippen LogP contribution in [0.2, 0.25) is 0 Å². The fourth-order valence-electron chi connectivity index (χ4n) is 3.14. The Kier molecular flexibility index (Phi) is 7.06. The molecule has 1 aromatic carbocycles. The molecule has 25 heavy (non-hydrogen) atoms. The summed E-state index contributed by atoms with van der Waals surface area (Å²) in [7, 11) is 0. The Morgan fingerprint density at radius 2 is 2.04 bits per heavy atom. The Labute approximate surface area is 152 Å². The van der Waals surface area contributed by atoms with Crippen molar-refractivity contribution in [3.63, 3.8) is 0 Å². The van der Waals surface area contributed by atoms with Crippen LogP contribution >= 0.6 is 0 Å². The summed E-state index contributed by atoms with van der Waals surface area (Å²) in [5.74, 6) is 0. The summed E-state index contributed by atoms with van der Waals surface area (Å²) in [6.45, 7) is 10.5. The average Bonchev–Trinajstić information content (AvgIpc) is 2.99. The van der Waals surface area contributed by atoms with Gasteiger partial charge < -0.3 is 15.0 Å². The van der Waals surface area contributed by atoms with Crippen LogP contribution in [0.25, 0.3) is 6.08 Å². The van der Waals surface area contributed by atoms with E-state index in [1.807, 2.05) is 31.7 Å². The van der Waals surface area contributed by atoms with Crippen molar-refractivity contribution in [2.24, 2.45) is 0 Å². The first-order valence-corrected chi connectivity index (χ1v) is 9.28. The molecular weight excluding hydrogens is 312 g/mol. The number of hydrogen-bond donors (Lipinski definition) is 1. The van der Waals surface area contributed by atoms with Gasteiger partial charge in [0.15, 0.2) is 0 Å². The van der Waals surface area contributed by atoms with Gasteiger partial charge in [0.2, 0.25) is 0 Å². The van der Waals surface area contributed by atoms with Gasteiger partial charge in [0.1, 0.15) is 5.60 Å². The molecule has 1 heterocycles. The molecule has 0 bridgehead atoms. The predicted molar refractivity (Wildman–Crippen MR) is 104 cm³/mol. The molecule has 138 valence electrons. The minimum absolute atomic E-state index is 0.171. The number of hydrogen-bond acceptors (Lipinski definition) is 3. The Morgan fingerprint density at radius 1 is 1.32 bits per heavy atom. The monoisotopic (exact) mass is 344 g/mol. The molecule has 0 aromatic heterocycles. The number of carbonyl (C=O) groups excluding carboxylic acids is 1. The van der Waals surface area contributed by atoms with Crippen LogP contribution in [0.1, 0.15) is 52.5 Å². The molecule has 1 aliphatic heterocycles. The maximum absolute atomic E-state index is 12.3. The number of amides is 1. The molecule has 1 aromatic rings. The van der Waals surface area contributed by atoms with Gasteiger partial charge >= 0.3 is 6.09 Å². The maximum atomic E-state index is 12.3. The third-order valence-electron chi connectivity index (χ3n) is 4.28. The second kappa shape index (κ2) is 9.04. The van der Waals surface area contributed by atoms with Gasteiger partial charge in [-0.25, -0.2) is 4.79 Å². The Bertz CT molecular complexity index is 575. The summed E-state index contributed by atoms with van der Waals surface area (Å²) in [5, 5.41) is 3.49. The largest absolute Gasteiger partial charge is 0.444 e. The van der Waals surface area contributed by atoms with Gasteiger partial charge in [-0.1, -0.05) is 42.0 Å². The average molecular weight is 344 g/mol. The highest BCUT2D eigenvalue weighted by molar-refractivity contribution is 5.68. The van der Waals surface area contributed by atoms with Crippen molar-refractivity contribution in [3.05, 3.63) is 41.5 Å². The molecule has 4 heteroatoms. The molecule has 4 nitrogen and oxygen atoms in total. The van der Waals surface area contributed by atoms with E-state index in [9.17, 15) is 4.79 Å². The lowest BCUT2D eigenvalue weighted by atomic mass is 10.1. The van der Waals surface area contributed by atoms with Crippen molar-refractivity contribution < 1.29 is 9.53 Å². The van der Waals surface area contributed by atoms with Crippen molar-refractivity contribution in [1.29, 1.82) is 0 Å². The molecule has 0 aliphatic carbocycles. The first-order valence-electron chi connectivity index (χ1n) is 9.28. The highest BCUT2D eigenvalue weighted by Crippen LogP contribution is 2.22. The maximum Gasteiger partial charge on any atom is 0.410 e. The van der Waals surface area contributed by atoms with E-state index in [1.54, 1.807) is 0 Å². The molecule has 1 atom stereocenters. The first-order chi connectivity index (χ1) is 11.8. The van der Waals surface area contributed by atoms with Crippen LogP contribution in [0.4, 0.5) is 4.79 Å². The predicted octanol–water partition coefficient (Wildman–Crippen LogP) is 4.47. The third-order valence-corrected chi connectivity index (χ3v) is 4.28. The molecule has 0 saturated carbocycles. The van der Waals surface area contributed by atoms with Crippen molar-refractivity contribution in [3.8, 4) is 0 Å². The number of benzene rings is 1. The highest BCUT2D eigenvalue weighted by Gasteiger charge is 2.31. The van der Waals surface area contributed by atoms with E-state index in [4.69, 9.17) is 4.74 Å². The van der Waals surface area contributed by atoms with Crippen LogP contribution < -0.4 is 5.32 Å². The van der Waals surface area contributed by atoms with Gasteiger partial charge in [-0.05, 0) is 59.1 Å².